The fourth-order valence-corrected chi connectivity index (χ4v) is 4.10. The zero-order chi connectivity index (χ0) is 18.5. The average molecular weight is 391 g/mol. The molecule has 138 valence electrons. The first-order chi connectivity index (χ1) is 12.6. The van der Waals surface area contributed by atoms with Crippen LogP contribution in [0.4, 0.5) is 5.69 Å². The molecule has 1 heterocycles. The summed E-state index contributed by atoms with van der Waals surface area (Å²) in [5.74, 6) is 0.116. The molecule has 5 heteroatoms. The molecule has 0 saturated carbocycles. The summed E-state index contributed by atoms with van der Waals surface area (Å²) in [7, 11) is 0. The number of rotatable bonds is 5. The number of likely N-dealkylation sites (tertiary alicyclic amines) is 1. The van der Waals surface area contributed by atoms with Gasteiger partial charge in [0.1, 0.15) is 0 Å². The van der Waals surface area contributed by atoms with Crippen molar-refractivity contribution in [3.05, 3.63) is 64.1 Å². The maximum Gasteiger partial charge on any atom is 0.226 e. The molecule has 1 aliphatic heterocycles. The van der Waals surface area contributed by atoms with Gasteiger partial charge in [-0.15, -0.1) is 0 Å². The molecule has 1 amide bonds. The highest BCUT2D eigenvalue weighted by atomic mass is 35.5. The molecule has 26 heavy (non-hydrogen) atoms. The highest BCUT2D eigenvalue weighted by Gasteiger charge is 2.28. The quantitative estimate of drug-likeness (QED) is 0.681. The number of hydrogen-bond acceptors (Lipinski definition) is 2. The third-order valence-corrected chi connectivity index (χ3v) is 5.30. The molecule has 1 fully saturated rings. The average Bonchev–Trinajstić information content (AvgIpc) is 2.63. The molecule has 0 atom stereocenters. The van der Waals surface area contributed by atoms with Crippen molar-refractivity contribution in [2.75, 3.05) is 18.0 Å². The molecule has 0 spiro atoms. The van der Waals surface area contributed by atoms with E-state index in [4.69, 9.17) is 23.2 Å². The molecule has 1 saturated heterocycles. The Hall–Kier alpha value is -1.55. The van der Waals surface area contributed by atoms with E-state index < -0.39 is 0 Å². The molecule has 0 radical (unpaired) electrons. The van der Waals surface area contributed by atoms with Crippen LogP contribution in [0.15, 0.2) is 48.5 Å². The number of carbonyl (C=O) groups excluding carboxylic acids is 1. The molecule has 0 bridgehead atoms. The van der Waals surface area contributed by atoms with E-state index in [1.54, 1.807) is 6.07 Å². The van der Waals surface area contributed by atoms with Crippen LogP contribution < -0.4 is 4.90 Å². The van der Waals surface area contributed by atoms with Crippen molar-refractivity contribution in [1.29, 1.82) is 0 Å². The molecule has 3 rings (SSSR count). The first-order valence-electron chi connectivity index (χ1n) is 9.11. The van der Waals surface area contributed by atoms with Crippen LogP contribution in [-0.4, -0.2) is 29.9 Å². The Morgan fingerprint density at radius 3 is 2.27 bits per heavy atom. The highest BCUT2D eigenvalue weighted by molar-refractivity contribution is 6.35. The van der Waals surface area contributed by atoms with E-state index in [0.29, 0.717) is 16.5 Å². The predicted molar refractivity (Wildman–Crippen MR) is 109 cm³/mol. The largest absolute Gasteiger partial charge is 0.309 e. The van der Waals surface area contributed by atoms with Crippen molar-refractivity contribution < 1.29 is 4.79 Å². The summed E-state index contributed by atoms with van der Waals surface area (Å²) in [4.78, 5) is 17.0. The molecular weight excluding hydrogens is 367 g/mol. The molecule has 2 aromatic rings. The van der Waals surface area contributed by atoms with Crippen molar-refractivity contribution in [1.82, 2.24) is 4.90 Å². The van der Waals surface area contributed by atoms with Crippen LogP contribution in [0.25, 0.3) is 0 Å². The fourth-order valence-electron chi connectivity index (χ4n) is 3.58. The van der Waals surface area contributed by atoms with Crippen molar-refractivity contribution >= 4 is 34.8 Å². The van der Waals surface area contributed by atoms with Crippen LogP contribution >= 0.6 is 23.2 Å². The van der Waals surface area contributed by atoms with Crippen LogP contribution in [0.5, 0.6) is 0 Å². The van der Waals surface area contributed by atoms with Gasteiger partial charge in [0, 0.05) is 47.8 Å². The summed E-state index contributed by atoms with van der Waals surface area (Å²) in [6.07, 6.45) is 2.36. The van der Waals surface area contributed by atoms with Gasteiger partial charge in [-0.25, -0.2) is 0 Å². The van der Waals surface area contributed by atoms with E-state index in [1.807, 2.05) is 30.0 Å². The summed E-state index contributed by atoms with van der Waals surface area (Å²) < 4.78 is 0. The predicted octanol–water partition coefficient (Wildman–Crippen LogP) is 5.40. The van der Waals surface area contributed by atoms with E-state index in [9.17, 15) is 4.79 Å². The number of hydrogen-bond donors (Lipinski definition) is 0. The topological polar surface area (TPSA) is 23.6 Å². The highest BCUT2D eigenvalue weighted by Crippen LogP contribution is 2.30. The van der Waals surface area contributed by atoms with Crippen molar-refractivity contribution in [2.24, 2.45) is 0 Å². The lowest BCUT2D eigenvalue weighted by Gasteiger charge is -2.38. The second kappa shape index (κ2) is 8.90. The summed E-state index contributed by atoms with van der Waals surface area (Å²) in [5, 5.41) is 1.12. The van der Waals surface area contributed by atoms with E-state index in [0.717, 1.165) is 38.2 Å². The Labute approximate surface area is 165 Å². The van der Waals surface area contributed by atoms with Gasteiger partial charge in [-0.2, -0.15) is 0 Å². The minimum Gasteiger partial charge on any atom is -0.309 e. The van der Waals surface area contributed by atoms with E-state index >= 15 is 0 Å². The Morgan fingerprint density at radius 2 is 1.69 bits per heavy atom. The summed E-state index contributed by atoms with van der Waals surface area (Å²) in [6.45, 7) is 4.80. The van der Waals surface area contributed by atoms with Crippen LogP contribution in [0.1, 0.15) is 31.7 Å². The van der Waals surface area contributed by atoms with Gasteiger partial charge in [0.15, 0.2) is 0 Å². The van der Waals surface area contributed by atoms with Gasteiger partial charge >= 0.3 is 0 Å². The van der Waals surface area contributed by atoms with E-state index in [-0.39, 0.29) is 11.9 Å². The lowest BCUT2D eigenvalue weighted by Crippen LogP contribution is -2.47. The second-order valence-corrected chi connectivity index (χ2v) is 7.61. The Morgan fingerprint density at radius 1 is 1.08 bits per heavy atom. The normalized spacial score (nSPS) is 15.8. The van der Waals surface area contributed by atoms with Gasteiger partial charge in [-0.05, 0) is 36.6 Å². The zero-order valence-corrected chi connectivity index (χ0v) is 16.5. The van der Waals surface area contributed by atoms with Crippen LogP contribution in [-0.2, 0) is 11.3 Å². The Balaban J connectivity index is 1.70. The molecule has 0 aromatic heterocycles. The summed E-state index contributed by atoms with van der Waals surface area (Å²) in [6, 6.07) is 16.1. The van der Waals surface area contributed by atoms with Crippen molar-refractivity contribution in [3.8, 4) is 0 Å². The number of benzene rings is 2. The molecule has 0 N–H and O–H groups in total. The van der Waals surface area contributed by atoms with Crippen LogP contribution in [0, 0.1) is 0 Å². The lowest BCUT2D eigenvalue weighted by atomic mass is 10.0. The summed E-state index contributed by atoms with van der Waals surface area (Å²) in [5.41, 5.74) is 2.13. The first kappa shape index (κ1) is 19.2. The van der Waals surface area contributed by atoms with Gasteiger partial charge in [-0.1, -0.05) is 60.5 Å². The third kappa shape index (κ3) is 4.79. The monoisotopic (exact) mass is 390 g/mol. The lowest BCUT2D eigenvalue weighted by molar-refractivity contribution is -0.119. The number of anilines is 1. The standard InChI is InChI=1S/C21H24Cl2N2O/c1-2-21(26)25(20-13-17(22)12-18(23)14-20)19-8-10-24(11-9-19)15-16-6-4-3-5-7-16/h3-7,12-14,19H,2,8-11,15H2,1H3. The van der Waals surface area contributed by atoms with E-state index in [2.05, 4.69) is 29.2 Å². The number of piperidine rings is 1. The van der Waals surface area contributed by atoms with Gasteiger partial charge in [0.2, 0.25) is 5.91 Å². The number of nitrogens with zero attached hydrogens (tertiary/aromatic N) is 2. The van der Waals surface area contributed by atoms with Gasteiger partial charge in [0.25, 0.3) is 0 Å². The molecule has 2 aromatic carbocycles. The first-order valence-corrected chi connectivity index (χ1v) is 9.87. The van der Waals surface area contributed by atoms with Crippen LogP contribution in [0.2, 0.25) is 10.0 Å². The van der Waals surface area contributed by atoms with Crippen molar-refractivity contribution in [2.45, 2.75) is 38.8 Å². The van der Waals surface area contributed by atoms with E-state index in [1.165, 1.54) is 5.56 Å². The second-order valence-electron chi connectivity index (χ2n) is 6.74. The minimum atomic E-state index is 0.116. The molecule has 1 aliphatic rings. The smallest absolute Gasteiger partial charge is 0.226 e. The maximum atomic E-state index is 12.6. The minimum absolute atomic E-state index is 0.116. The summed E-state index contributed by atoms with van der Waals surface area (Å²) >= 11 is 12.3. The molecular formula is C21H24Cl2N2O. The molecule has 0 aliphatic carbocycles. The fraction of sp³-hybridized carbons (Fsp3) is 0.381. The number of halogens is 2. The zero-order valence-electron chi connectivity index (χ0n) is 15.0. The van der Waals surface area contributed by atoms with Gasteiger partial charge < -0.3 is 4.90 Å². The maximum absolute atomic E-state index is 12.6. The van der Waals surface area contributed by atoms with Crippen molar-refractivity contribution in [3.63, 3.8) is 0 Å². The molecule has 0 unspecified atom stereocenters. The Kier molecular flexibility index (Phi) is 6.58. The third-order valence-electron chi connectivity index (χ3n) is 4.87. The number of carbonyl (C=O) groups is 1. The van der Waals surface area contributed by atoms with Gasteiger partial charge in [-0.3, -0.25) is 9.69 Å². The molecule has 3 nitrogen and oxygen atoms in total. The SMILES string of the molecule is CCC(=O)N(c1cc(Cl)cc(Cl)c1)C1CCN(Cc2ccccc2)CC1. The van der Waals surface area contributed by atoms with Crippen LogP contribution in [0.3, 0.4) is 0 Å². The Bertz CT molecular complexity index is 723. The van der Waals surface area contributed by atoms with Gasteiger partial charge in [0.05, 0.1) is 0 Å². The number of amides is 1.